The molecule has 3 N–H and O–H groups in total. The Morgan fingerprint density at radius 1 is 1.37 bits per heavy atom. The van der Waals surface area contributed by atoms with Gasteiger partial charge in [-0.2, -0.15) is 11.8 Å². The van der Waals surface area contributed by atoms with Crippen LogP contribution in [0.4, 0.5) is 0 Å². The van der Waals surface area contributed by atoms with Gasteiger partial charge in [0.2, 0.25) is 5.91 Å². The molecule has 0 saturated heterocycles. The lowest BCUT2D eigenvalue weighted by molar-refractivity contribution is -0.122. The highest BCUT2D eigenvalue weighted by atomic mass is 35.5. The second-order valence-electron chi connectivity index (χ2n) is 5.07. The molecule has 0 aromatic heterocycles. The number of rotatable bonds is 5. The summed E-state index contributed by atoms with van der Waals surface area (Å²) < 4.78 is 0.0304. The molecule has 0 aliphatic heterocycles. The largest absolute Gasteiger partial charge is 0.353 e. The van der Waals surface area contributed by atoms with Crippen molar-refractivity contribution >= 4 is 30.1 Å². The Morgan fingerprint density at radius 3 is 2.37 bits per heavy atom. The first-order chi connectivity index (χ1) is 8.35. The van der Waals surface area contributed by atoms with E-state index in [1.54, 1.807) is 11.8 Å². The molecule has 1 amide bonds. The highest BCUT2D eigenvalue weighted by Gasteiger charge is 2.20. The molecule has 0 heterocycles. The summed E-state index contributed by atoms with van der Waals surface area (Å²) >= 11 is 1.72. The van der Waals surface area contributed by atoms with Crippen molar-refractivity contribution in [3.05, 3.63) is 35.4 Å². The Bertz CT molecular complexity index is 406. The molecule has 1 aromatic carbocycles. The van der Waals surface area contributed by atoms with Crippen LogP contribution < -0.4 is 11.1 Å². The molecule has 5 heteroatoms. The van der Waals surface area contributed by atoms with Crippen molar-refractivity contribution in [2.24, 2.45) is 5.73 Å². The zero-order chi connectivity index (χ0) is 13.8. The van der Waals surface area contributed by atoms with Crippen LogP contribution in [0.15, 0.2) is 24.3 Å². The molecule has 1 unspecified atom stereocenters. The second-order valence-corrected chi connectivity index (χ2v) is 6.58. The molecule has 3 nitrogen and oxygen atoms in total. The van der Waals surface area contributed by atoms with Gasteiger partial charge in [0.25, 0.3) is 0 Å². The first-order valence-corrected chi connectivity index (χ1v) is 7.23. The monoisotopic (exact) mass is 302 g/mol. The van der Waals surface area contributed by atoms with Crippen molar-refractivity contribution in [3.8, 4) is 0 Å². The van der Waals surface area contributed by atoms with E-state index in [2.05, 4.69) is 19.2 Å². The van der Waals surface area contributed by atoms with Crippen LogP contribution in [0.5, 0.6) is 0 Å². The van der Waals surface area contributed by atoms with Gasteiger partial charge in [-0.1, -0.05) is 29.8 Å². The molecule has 0 bridgehead atoms. The number of carbonyl (C=O) groups is 1. The molecule has 0 fully saturated rings. The minimum Gasteiger partial charge on any atom is -0.353 e. The van der Waals surface area contributed by atoms with Crippen LogP contribution >= 0.6 is 24.2 Å². The van der Waals surface area contributed by atoms with Gasteiger partial charge in [-0.15, -0.1) is 12.4 Å². The first kappa shape index (κ1) is 18.3. The highest BCUT2D eigenvalue weighted by Crippen LogP contribution is 2.20. The fourth-order valence-electron chi connectivity index (χ4n) is 1.41. The Kier molecular flexibility index (Phi) is 7.49. The van der Waals surface area contributed by atoms with Gasteiger partial charge in [0.15, 0.2) is 0 Å². The summed E-state index contributed by atoms with van der Waals surface area (Å²) in [6.07, 6.45) is 2.03. The van der Waals surface area contributed by atoms with E-state index in [9.17, 15) is 4.79 Å². The lowest BCUT2D eigenvalue weighted by Crippen LogP contribution is -2.40. The fourth-order valence-corrected chi connectivity index (χ4v) is 1.62. The number of nitrogens with one attached hydrogen (secondary N) is 1. The molecule has 1 rings (SSSR count). The predicted octanol–water partition coefficient (Wildman–Crippen LogP) is 2.67. The summed E-state index contributed by atoms with van der Waals surface area (Å²) in [6.45, 7) is 6.81. The lowest BCUT2D eigenvalue weighted by atomic mass is 10.1. The molecule has 0 aliphatic carbocycles. The summed E-state index contributed by atoms with van der Waals surface area (Å²) in [6, 6.07) is 7.14. The number of thioether (sulfide) groups is 1. The zero-order valence-electron chi connectivity index (χ0n) is 11.9. The normalized spacial score (nSPS) is 12.5. The highest BCUT2D eigenvalue weighted by molar-refractivity contribution is 7.99. The van der Waals surface area contributed by atoms with Crippen molar-refractivity contribution in [2.45, 2.75) is 31.6 Å². The van der Waals surface area contributed by atoms with Gasteiger partial charge in [0, 0.05) is 11.3 Å². The molecule has 0 aliphatic rings. The minimum absolute atomic E-state index is 0. The maximum atomic E-state index is 11.9. The van der Waals surface area contributed by atoms with E-state index in [1.165, 1.54) is 0 Å². The molecule has 1 aromatic rings. The first-order valence-electron chi connectivity index (χ1n) is 6.01. The van der Waals surface area contributed by atoms with Crippen LogP contribution in [0.3, 0.4) is 0 Å². The van der Waals surface area contributed by atoms with Crippen molar-refractivity contribution in [3.63, 3.8) is 0 Å². The van der Waals surface area contributed by atoms with Gasteiger partial charge >= 0.3 is 0 Å². The number of hydrogen-bond acceptors (Lipinski definition) is 3. The average molecular weight is 303 g/mol. The van der Waals surface area contributed by atoms with Gasteiger partial charge in [0.1, 0.15) is 6.04 Å². The molecular weight excluding hydrogens is 280 g/mol. The third-order valence-corrected chi connectivity index (χ3v) is 4.21. The standard InChI is InChI=1S/C14H22N2OS.ClH/c1-10-5-7-11(8-6-10)12(15)13(17)16-9-14(2,3)18-4;/h5-8,12H,9,15H2,1-4H3,(H,16,17);1H. The maximum absolute atomic E-state index is 11.9. The molecule has 108 valence electrons. The van der Waals surface area contributed by atoms with Gasteiger partial charge in [-0.3, -0.25) is 4.79 Å². The van der Waals surface area contributed by atoms with E-state index in [0.717, 1.165) is 11.1 Å². The molecule has 19 heavy (non-hydrogen) atoms. The average Bonchev–Trinajstić information content (AvgIpc) is 2.36. The van der Waals surface area contributed by atoms with E-state index < -0.39 is 6.04 Å². The van der Waals surface area contributed by atoms with E-state index >= 15 is 0 Å². The Hall–Kier alpha value is -0.710. The van der Waals surface area contributed by atoms with Gasteiger partial charge in [0.05, 0.1) is 0 Å². The zero-order valence-corrected chi connectivity index (χ0v) is 13.5. The third-order valence-electron chi connectivity index (χ3n) is 2.96. The summed E-state index contributed by atoms with van der Waals surface area (Å²) in [5.41, 5.74) is 7.95. The van der Waals surface area contributed by atoms with Gasteiger partial charge < -0.3 is 11.1 Å². The second kappa shape index (κ2) is 7.78. The minimum atomic E-state index is -0.594. The summed E-state index contributed by atoms with van der Waals surface area (Å²) in [7, 11) is 0. The smallest absolute Gasteiger partial charge is 0.241 e. The quantitative estimate of drug-likeness (QED) is 0.879. The van der Waals surface area contributed by atoms with E-state index in [1.807, 2.05) is 37.4 Å². The van der Waals surface area contributed by atoms with Crippen LogP contribution in [0, 0.1) is 6.92 Å². The lowest BCUT2D eigenvalue weighted by Gasteiger charge is -2.23. The summed E-state index contributed by atoms with van der Waals surface area (Å²) in [4.78, 5) is 11.9. The van der Waals surface area contributed by atoms with Crippen LogP contribution in [0.1, 0.15) is 31.0 Å². The summed E-state index contributed by atoms with van der Waals surface area (Å²) in [5.74, 6) is -0.124. The molecule has 0 spiro atoms. The number of carbonyl (C=O) groups excluding carboxylic acids is 1. The fraction of sp³-hybridized carbons (Fsp3) is 0.500. The summed E-state index contributed by atoms with van der Waals surface area (Å²) in [5, 5.41) is 2.90. The van der Waals surface area contributed by atoms with Crippen molar-refractivity contribution < 1.29 is 4.79 Å². The molecular formula is C14H23ClN2OS. The topological polar surface area (TPSA) is 55.1 Å². The van der Waals surface area contributed by atoms with Crippen molar-refractivity contribution in [1.82, 2.24) is 5.32 Å². The SMILES string of the molecule is CSC(C)(C)CNC(=O)C(N)c1ccc(C)cc1.Cl. The van der Waals surface area contributed by atoms with Crippen LogP contribution in [0.25, 0.3) is 0 Å². The number of amides is 1. The third kappa shape index (κ3) is 5.85. The number of halogens is 1. The van der Waals surface area contributed by atoms with E-state index in [4.69, 9.17) is 5.73 Å². The van der Waals surface area contributed by atoms with Crippen LogP contribution in [0.2, 0.25) is 0 Å². The van der Waals surface area contributed by atoms with Crippen LogP contribution in [-0.4, -0.2) is 23.5 Å². The Morgan fingerprint density at radius 2 is 1.89 bits per heavy atom. The molecule has 0 radical (unpaired) electrons. The van der Waals surface area contributed by atoms with Crippen molar-refractivity contribution in [2.75, 3.05) is 12.8 Å². The molecule has 1 atom stereocenters. The number of aryl methyl sites for hydroxylation is 1. The van der Waals surface area contributed by atoms with Gasteiger partial charge in [-0.05, 0) is 32.6 Å². The van der Waals surface area contributed by atoms with E-state index in [0.29, 0.717) is 6.54 Å². The Labute approximate surface area is 126 Å². The van der Waals surface area contributed by atoms with E-state index in [-0.39, 0.29) is 23.1 Å². The number of benzene rings is 1. The number of hydrogen-bond donors (Lipinski definition) is 2. The number of nitrogens with two attached hydrogens (primary N) is 1. The Balaban J connectivity index is 0.00000324. The van der Waals surface area contributed by atoms with Crippen molar-refractivity contribution in [1.29, 1.82) is 0 Å². The van der Waals surface area contributed by atoms with Crippen LogP contribution in [-0.2, 0) is 4.79 Å². The van der Waals surface area contributed by atoms with Gasteiger partial charge in [-0.25, -0.2) is 0 Å². The maximum Gasteiger partial charge on any atom is 0.241 e. The predicted molar refractivity (Wildman–Crippen MR) is 86.0 cm³/mol. The molecule has 0 saturated carbocycles.